The van der Waals surface area contributed by atoms with E-state index in [0.29, 0.717) is 12.4 Å². The van der Waals surface area contributed by atoms with Gasteiger partial charge in [-0.2, -0.15) is 0 Å². The van der Waals surface area contributed by atoms with Crippen molar-refractivity contribution in [2.24, 2.45) is 0 Å². The molecule has 2 aromatic rings. The van der Waals surface area contributed by atoms with Gasteiger partial charge >= 0.3 is 0 Å². The van der Waals surface area contributed by atoms with E-state index in [1.54, 1.807) is 12.1 Å². The Balaban J connectivity index is 0.00000341. The summed E-state index contributed by atoms with van der Waals surface area (Å²) in [6.07, 6.45) is 2.06. The predicted molar refractivity (Wildman–Crippen MR) is 126 cm³/mol. The number of phenols is 1. The van der Waals surface area contributed by atoms with E-state index < -0.39 is 0 Å². The Morgan fingerprint density at radius 1 is 1.03 bits per heavy atom. The Bertz CT molecular complexity index is 881. The van der Waals surface area contributed by atoms with Crippen LogP contribution in [0.2, 0.25) is 0 Å². The van der Waals surface area contributed by atoms with E-state index in [-0.39, 0.29) is 23.0 Å². The molecule has 170 valence electrons. The summed E-state index contributed by atoms with van der Waals surface area (Å²) < 4.78 is 5.96. The summed E-state index contributed by atoms with van der Waals surface area (Å²) in [4.78, 5) is 15.2. The number of non-ortho nitro benzene ring substituents is 1. The molecule has 0 unspecified atom stereocenters. The largest absolute Gasteiger partial charge is 0.507 e. The second-order valence-electron chi connectivity index (χ2n) is 7.95. The van der Waals surface area contributed by atoms with E-state index in [0.717, 1.165) is 73.7 Å². The third kappa shape index (κ3) is 6.24. The highest BCUT2D eigenvalue weighted by Crippen LogP contribution is 2.32. The minimum Gasteiger partial charge on any atom is -0.507 e. The molecule has 7 nitrogen and oxygen atoms in total. The summed E-state index contributed by atoms with van der Waals surface area (Å²) in [5.74, 6) is 1.22. The number of unbranched alkanes of at least 4 members (excludes halogenated alkanes) is 1. The van der Waals surface area contributed by atoms with Crippen LogP contribution in [0.1, 0.15) is 29.5 Å². The van der Waals surface area contributed by atoms with Crippen molar-refractivity contribution >= 4 is 23.8 Å². The summed E-state index contributed by atoms with van der Waals surface area (Å²) in [6, 6.07) is 8.72. The molecular weight excluding hydrogens is 418 g/mol. The van der Waals surface area contributed by atoms with Gasteiger partial charge in [-0.15, -0.1) is 12.4 Å². The van der Waals surface area contributed by atoms with Gasteiger partial charge in [0.1, 0.15) is 11.5 Å². The number of benzene rings is 2. The highest BCUT2D eigenvalue weighted by molar-refractivity contribution is 5.85. The molecule has 0 radical (unpaired) electrons. The number of aryl methyl sites for hydroxylation is 1. The van der Waals surface area contributed by atoms with Crippen LogP contribution < -0.4 is 9.64 Å². The van der Waals surface area contributed by atoms with E-state index in [2.05, 4.69) is 9.80 Å². The van der Waals surface area contributed by atoms with Crippen LogP contribution in [-0.4, -0.2) is 54.3 Å². The molecule has 1 saturated heterocycles. The number of hydrogen-bond donors (Lipinski definition) is 1. The zero-order valence-corrected chi connectivity index (χ0v) is 19.3. The SMILES string of the molecule is Cc1cc(OCCCCN2CCN(c3ccc([N+](=O)[O-])cc3)CC2)c(C)c(C)c1O.Cl. The Morgan fingerprint density at radius 2 is 1.68 bits per heavy atom. The summed E-state index contributed by atoms with van der Waals surface area (Å²) in [5.41, 5.74) is 3.91. The number of nitro groups is 1. The normalized spacial score (nSPS) is 14.2. The number of halogens is 1. The first-order valence-corrected chi connectivity index (χ1v) is 10.5. The van der Waals surface area contributed by atoms with E-state index in [9.17, 15) is 15.2 Å². The third-order valence-corrected chi connectivity index (χ3v) is 5.93. The van der Waals surface area contributed by atoms with E-state index in [4.69, 9.17) is 4.74 Å². The number of nitro benzene ring substituents is 1. The molecule has 0 bridgehead atoms. The smallest absolute Gasteiger partial charge is 0.269 e. The van der Waals surface area contributed by atoms with Crippen molar-refractivity contribution in [2.45, 2.75) is 33.6 Å². The van der Waals surface area contributed by atoms with Gasteiger partial charge in [0.05, 0.1) is 11.5 Å². The van der Waals surface area contributed by atoms with Crippen molar-refractivity contribution in [3.8, 4) is 11.5 Å². The minimum absolute atomic E-state index is 0. The lowest BCUT2D eigenvalue weighted by Gasteiger charge is -2.36. The maximum absolute atomic E-state index is 10.8. The highest BCUT2D eigenvalue weighted by Gasteiger charge is 2.17. The maximum Gasteiger partial charge on any atom is 0.269 e. The van der Waals surface area contributed by atoms with Crippen molar-refractivity contribution in [3.63, 3.8) is 0 Å². The predicted octanol–water partition coefficient (Wildman–Crippen LogP) is 4.63. The van der Waals surface area contributed by atoms with Gasteiger partial charge in [0.2, 0.25) is 0 Å². The maximum atomic E-state index is 10.8. The van der Waals surface area contributed by atoms with Crippen LogP contribution in [0.25, 0.3) is 0 Å². The molecule has 0 spiro atoms. The van der Waals surface area contributed by atoms with Crippen LogP contribution in [0.5, 0.6) is 11.5 Å². The summed E-state index contributed by atoms with van der Waals surface area (Å²) in [6.45, 7) is 11.4. The van der Waals surface area contributed by atoms with Gasteiger partial charge < -0.3 is 14.7 Å². The van der Waals surface area contributed by atoms with Gasteiger partial charge in [0.25, 0.3) is 5.69 Å². The molecule has 3 rings (SSSR count). The average molecular weight is 450 g/mol. The number of ether oxygens (including phenoxy) is 1. The molecule has 1 heterocycles. The van der Waals surface area contributed by atoms with Gasteiger partial charge in [-0.05, 0) is 75.0 Å². The summed E-state index contributed by atoms with van der Waals surface area (Å²) in [5, 5.41) is 20.8. The minimum atomic E-state index is -0.364. The number of rotatable bonds is 8. The van der Waals surface area contributed by atoms with Gasteiger partial charge in [0.15, 0.2) is 0 Å². The first-order chi connectivity index (χ1) is 14.4. The van der Waals surface area contributed by atoms with Gasteiger partial charge in [-0.1, -0.05) is 0 Å². The van der Waals surface area contributed by atoms with Crippen LogP contribution in [0.4, 0.5) is 11.4 Å². The van der Waals surface area contributed by atoms with Crippen molar-refractivity contribution in [1.29, 1.82) is 0 Å². The van der Waals surface area contributed by atoms with Crippen LogP contribution >= 0.6 is 12.4 Å². The molecule has 1 N–H and O–H groups in total. The van der Waals surface area contributed by atoms with Crippen LogP contribution in [0.15, 0.2) is 30.3 Å². The Hall–Kier alpha value is -2.51. The summed E-state index contributed by atoms with van der Waals surface area (Å²) in [7, 11) is 0. The molecule has 0 aromatic heterocycles. The Kier molecular flexibility index (Phi) is 8.95. The van der Waals surface area contributed by atoms with Crippen LogP contribution in [0, 0.1) is 30.9 Å². The number of nitrogens with zero attached hydrogens (tertiary/aromatic N) is 3. The number of aromatic hydroxyl groups is 1. The first kappa shape index (κ1) is 24.8. The third-order valence-electron chi connectivity index (χ3n) is 5.93. The van der Waals surface area contributed by atoms with Gasteiger partial charge in [-0.3, -0.25) is 15.0 Å². The van der Waals surface area contributed by atoms with E-state index in [1.807, 2.05) is 39.0 Å². The van der Waals surface area contributed by atoms with E-state index in [1.165, 1.54) is 0 Å². The summed E-state index contributed by atoms with van der Waals surface area (Å²) >= 11 is 0. The molecule has 2 aromatic carbocycles. The molecule has 0 aliphatic carbocycles. The van der Waals surface area contributed by atoms with Crippen LogP contribution in [0.3, 0.4) is 0 Å². The first-order valence-electron chi connectivity index (χ1n) is 10.5. The fourth-order valence-electron chi connectivity index (χ4n) is 3.82. The standard InChI is InChI=1S/C23H31N3O4.ClH/c1-17-16-22(18(2)19(3)23(17)27)30-15-5-4-10-24-11-13-25(14-12-24)20-6-8-21(9-7-20)26(28)29;/h6-9,16,27H,4-5,10-15H2,1-3H3;1H. The fraction of sp³-hybridized carbons (Fsp3) is 0.478. The lowest BCUT2D eigenvalue weighted by molar-refractivity contribution is -0.384. The molecule has 8 heteroatoms. The number of phenolic OH excluding ortho intramolecular Hbond substituents is 1. The van der Waals surface area contributed by atoms with Crippen molar-refractivity contribution in [2.75, 3.05) is 44.2 Å². The second kappa shape index (κ2) is 11.2. The van der Waals surface area contributed by atoms with Gasteiger partial charge in [-0.25, -0.2) is 0 Å². The van der Waals surface area contributed by atoms with Gasteiger partial charge in [0, 0.05) is 44.0 Å². The molecule has 0 amide bonds. The highest BCUT2D eigenvalue weighted by atomic mass is 35.5. The monoisotopic (exact) mass is 449 g/mol. The number of hydrogen-bond acceptors (Lipinski definition) is 6. The zero-order valence-electron chi connectivity index (χ0n) is 18.5. The molecule has 1 aliphatic heterocycles. The van der Waals surface area contributed by atoms with Crippen molar-refractivity contribution in [1.82, 2.24) is 4.90 Å². The molecular formula is C23H32ClN3O4. The number of piperazine rings is 1. The lowest BCUT2D eigenvalue weighted by atomic mass is 10.0. The zero-order chi connectivity index (χ0) is 21.7. The number of anilines is 1. The second-order valence-corrected chi connectivity index (χ2v) is 7.95. The molecule has 31 heavy (non-hydrogen) atoms. The van der Waals surface area contributed by atoms with Crippen molar-refractivity contribution in [3.05, 3.63) is 57.1 Å². The molecule has 0 atom stereocenters. The van der Waals surface area contributed by atoms with E-state index >= 15 is 0 Å². The molecule has 1 aliphatic rings. The van der Waals surface area contributed by atoms with Crippen molar-refractivity contribution < 1.29 is 14.8 Å². The lowest BCUT2D eigenvalue weighted by Crippen LogP contribution is -2.46. The molecule has 0 saturated carbocycles. The Morgan fingerprint density at radius 3 is 2.29 bits per heavy atom. The fourth-order valence-corrected chi connectivity index (χ4v) is 3.82. The van der Waals surface area contributed by atoms with Crippen LogP contribution in [-0.2, 0) is 0 Å². The molecule has 1 fully saturated rings. The topological polar surface area (TPSA) is 79.1 Å². The quantitative estimate of drug-likeness (QED) is 0.359. The average Bonchev–Trinajstić information content (AvgIpc) is 2.76. The Labute approximate surface area is 190 Å².